The molecule has 0 saturated heterocycles. The molecule has 104 valence electrons. The molecule has 2 heteroatoms. The fourth-order valence-corrected chi connectivity index (χ4v) is 2.93. The summed E-state index contributed by atoms with van der Waals surface area (Å²) in [6.07, 6.45) is 8.76. The highest BCUT2D eigenvalue weighted by Gasteiger charge is 2.16. The predicted octanol–water partition coefficient (Wildman–Crippen LogP) is 4.15. The molecule has 2 nitrogen and oxygen atoms in total. The van der Waals surface area contributed by atoms with E-state index < -0.39 is 0 Å². The van der Waals surface area contributed by atoms with Crippen molar-refractivity contribution in [3.8, 4) is 0 Å². The second-order valence-electron chi connectivity index (χ2n) is 5.83. The third-order valence-electron chi connectivity index (χ3n) is 4.07. The van der Waals surface area contributed by atoms with Gasteiger partial charge < -0.3 is 5.32 Å². The van der Waals surface area contributed by atoms with Crippen LogP contribution in [0.1, 0.15) is 66.4 Å². The Bertz CT molecular complexity index is 431. The molecule has 1 aromatic rings. The third kappa shape index (κ3) is 4.09. The van der Waals surface area contributed by atoms with Crippen molar-refractivity contribution < 1.29 is 4.79 Å². The number of benzene rings is 1. The van der Waals surface area contributed by atoms with Crippen LogP contribution in [0.3, 0.4) is 0 Å². The number of aryl methyl sites for hydroxylation is 2. The normalized spacial score (nSPS) is 17.6. The molecule has 1 saturated carbocycles. The number of carbonyl (C=O) groups excluding carboxylic acids is 1. The average Bonchev–Trinajstić information content (AvgIpc) is 2.32. The zero-order valence-corrected chi connectivity index (χ0v) is 12.2. The highest BCUT2D eigenvalue weighted by atomic mass is 16.1. The zero-order valence-electron chi connectivity index (χ0n) is 12.2. The fraction of sp³-hybridized carbons (Fsp3) is 0.588. The highest BCUT2D eigenvalue weighted by Crippen LogP contribution is 2.18. The van der Waals surface area contributed by atoms with Gasteiger partial charge in [-0.15, -0.1) is 0 Å². The first-order chi connectivity index (χ1) is 9.16. The van der Waals surface area contributed by atoms with Gasteiger partial charge in [-0.05, 0) is 38.3 Å². The van der Waals surface area contributed by atoms with Crippen LogP contribution in [0.15, 0.2) is 18.2 Å². The molecule has 1 N–H and O–H groups in total. The molecule has 0 aliphatic heterocycles. The van der Waals surface area contributed by atoms with E-state index in [9.17, 15) is 4.79 Å². The molecule has 0 bridgehead atoms. The molecule has 1 aliphatic rings. The molecule has 0 heterocycles. The summed E-state index contributed by atoms with van der Waals surface area (Å²) < 4.78 is 0. The second kappa shape index (κ2) is 6.74. The zero-order chi connectivity index (χ0) is 13.7. The van der Waals surface area contributed by atoms with E-state index >= 15 is 0 Å². The number of nitrogens with one attached hydrogen (secondary N) is 1. The minimum atomic E-state index is 0.100. The number of hydrogen-bond donors (Lipinski definition) is 1. The van der Waals surface area contributed by atoms with Crippen LogP contribution in [0.5, 0.6) is 0 Å². The molecule has 1 aromatic carbocycles. The molecule has 0 spiro atoms. The summed E-state index contributed by atoms with van der Waals surface area (Å²) >= 11 is 0. The van der Waals surface area contributed by atoms with Gasteiger partial charge in [-0.25, -0.2) is 0 Å². The number of carbonyl (C=O) groups is 1. The summed E-state index contributed by atoms with van der Waals surface area (Å²) in [7, 11) is 0. The molecule has 2 rings (SSSR count). The Hall–Kier alpha value is -1.31. The van der Waals surface area contributed by atoms with Crippen molar-refractivity contribution in [1.82, 2.24) is 5.32 Å². The first kappa shape index (κ1) is 14.1. The lowest BCUT2D eigenvalue weighted by Gasteiger charge is -2.21. The van der Waals surface area contributed by atoms with Crippen LogP contribution in [0.4, 0.5) is 0 Å². The Labute approximate surface area is 116 Å². The van der Waals surface area contributed by atoms with Crippen LogP contribution in [-0.4, -0.2) is 11.9 Å². The van der Waals surface area contributed by atoms with Gasteiger partial charge in [-0.2, -0.15) is 0 Å². The standard InChI is InChI=1S/C17H25NO/c1-13-10-11-16(14(2)12-13)17(19)18-15-8-6-4-3-5-7-9-15/h10-12,15H,3-9H2,1-2H3,(H,18,19). The van der Waals surface area contributed by atoms with Crippen molar-refractivity contribution in [2.75, 3.05) is 0 Å². The summed E-state index contributed by atoms with van der Waals surface area (Å²) in [6, 6.07) is 6.41. The number of amides is 1. The van der Waals surface area contributed by atoms with Crippen molar-refractivity contribution in [1.29, 1.82) is 0 Å². The van der Waals surface area contributed by atoms with Gasteiger partial charge in [0, 0.05) is 11.6 Å². The van der Waals surface area contributed by atoms with Crippen molar-refractivity contribution in [2.24, 2.45) is 0 Å². The fourth-order valence-electron chi connectivity index (χ4n) is 2.93. The average molecular weight is 259 g/mol. The van der Waals surface area contributed by atoms with Crippen LogP contribution in [0, 0.1) is 13.8 Å². The predicted molar refractivity (Wildman–Crippen MR) is 79.5 cm³/mol. The Morgan fingerprint density at radius 3 is 2.32 bits per heavy atom. The van der Waals surface area contributed by atoms with Crippen LogP contribution in [0.25, 0.3) is 0 Å². The highest BCUT2D eigenvalue weighted by molar-refractivity contribution is 5.95. The lowest BCUT2D eigenvalue weighted by Crippen LogP contribution is -2.35. The number of hydrogen-bond acceptors (Lipinski definition) is 1. The lowest BCUT2D eigenvalue weighted by atomic mass is 9.96. The van der Waals surface area contributed by atoms with E-state index in [1.165, 1.54) is 37.7 Å². The first-order valence-electron chi connectivity index (χ1n) is 7.55. The minimum Gasteiger partial charge on any atom is -0.349 e. The number of rotatable bonds is 2. The van der Waals surface area contributed by atoms with Gasteiger partial charge in [-0.3, -0.25) is 4.79 Å². The molecule has 0 aromatic heterocycles. The van der Waals surface area contributed by atoms with E-state index in [1.54, 1.807) is 0 Å². The van der Waals surface area contributed by atoms with Gasteiger partial charge in [0.1, 0.15) is 0 Å². The molecule has 0 atom stereocenters. The van der Waals surface area contributed by atoms with E-state index in [0.29, 0.717) is 6.04 Å². The van der Waals surface area contributed by atoms with Crippen LogP contribution >= 0.6 is 0 Å². The van der Waals surface area contributed by atoms with Gasteiger partial charge in [0.05, 0.1) is 0 Å². The maximum atomic E-state index is 12.3. The van der Waals surface area contributed by atoms with E-state index in [4.69, 9.17) is 0 Å². The van der Waals surface area contributed by atoms with Crippen LogP contribution in [0.2, 0.25) is 0 Å². The van der Waals surface area contributed by atoms with Crippen molar-refractivity contribution in [3.63, 3.8) is 0 Å². The topological polar surface area (TPSA) is 29.1 Å². The molecule has 0 radical (unpaired) electrons. The Balaban J connectivity index is 1.99. The Kier molecular flexibility index (Phi) is 5.00. The third-order valence-corrected chi connectivity index (χ3v) is 4.07. The monoisotopic (exact) mass is 259 g/mol. The van der Waals surface area contributed by atoms with Gasteiger partial charge in [0.25, 0.3) is 5.91 Å². The molecular weight excluding hydrogens is 234 g/mol. The van der Waals surface area contributed by atoms with Gasteiger partial charge in [-0.1, -0.05) is 49.8 Å². The van der Waals surface area contributed by atoms with Gasteiger partial charge >= 0.3 is 0 Å². The molecule has 0 unspecified atom stereocenters. The molecular formula is C17H25NO. The smallest absolute Gasteiger partial charge is 0.251 e. The second-order valence-corrected chi connectivity index (χ2v) is 5.83. The van der Waals surface area contributed by atoms with Crippen LogP contribution in [-0.2, 0) is 0 Å². The summed E-state index contributed by atoms with van der Waals surface area (Å²) in [4.78, 5) is 12.3. The quantitative estimate of drug-likeness (QED) is 0.849. The van der Waals surface area contributed by atoms with E-state index in [2.05, 4.69) is 18.3 Å². The Morgan fingerprint density at radius 2 is 1.68 bits per heavy atom. The van der Waals surface area contributed by atoms with Gasteiger partial charge in [0.2, 0.25) is 0 Å². The van der Waals surface area contributed by atoms with Crippen LogP contribution < -0.4 is 5.32 Å². The van der Waals surface area contributed by atoms with Gasteiger partial charge in [0.15, 0.2) is 0 Å². The van der Waals surface area contributed by atoms with E-state index in [1.807, 2.05) is 19.1 Å². The van der Waals surface area contributed by atoms with Crippen molar-refractivity contribution in [3.05, 3.63) is 34.9 Å². The summed E-state index contributed by atoms with van der Waals surface area (Å²) in [5, 5.41) is 3.22. The summed E-state index contributed by atoms with van der Waals surface area (Å²) in [6.45, 7) is 4.07. The van der Waals surface area contributed by atoms with Crippen molar-refractivity contribution >= 4 is 5.91 Å². The molecule has 1 fully saturated rings. The van der Waals surface area contributed by atoms with E-state index in [-0.39, 0.29) is 5.91 Å². The minimum absolute atomic E-state index is 0.100. The van der Waals surface area contributed by atoms with E-state index in [0.717, 1.165) is 24.0 Å². The summed E-state index contributed by atoms with van der Waals surface area (Å²) in [5.74, 6) is 0.100. The Morgan fingerprint density at radius 1 is 1.05 bits per heavy atom. The summed E-state index contributed by atoms with van der Waals surface area (Å²) in [5.41, 5.74) is 3.11. The largest absolute Gasteiger partial charge is 0.349 e. The SMILES string of the molecule is Cc1ccc(C(=O)NC2CCCCCCC2)c(C)c1. The van der Waals surface area contributed by atoms with Crippen molar-refractivity contribution in [2.45, 2.75) is 64.8 Å². The maximum absolute atomic E-state index is 12.3. The lowest BCUT2D eigenvalue weighted by molar-refractivity contribution is 0.0930. The first-order valence-corrected chi connectivity index (χ1v) is 7.55. The molecule has 1 aliphatic carbocycles. The molecule has 1 amide bonds. The molecule has 19 heavy (non-hydrogen) atoms. The maximum Gasteiger partial charge on any atom is 0.251 e.